The van der Waals surface area contributed by atoms with Crippen molar-refractivity contribution in [3.63, 3.8) is 0 Å². The summed E-state index contributed by atoms with van der Waals surface area (Å²) in [5, 5.41) is 11.3. The molecule has 1 aromatic heterocycles. The van der Waals surface area contributed by atoms with Crippen LogP contribution in [0.1, 0.15) is 29.8 Å². The molecule has 0 saturated carbocycles. The molecule has 1 aliphatic heterocycles. The molecular weight excluding hydrogens is 556 g/mol. The molecule has 11 nitrogen and oxygen atoms in total. The molecule has 0 bridgehead atoms. The molecule has 0 spiro atoms. The lowest BCUT2D eigenvalue weighted by Gasteiger charge is -2.37. The Hall–Kier alpha value is -4.71. The number of carbonyl (C=O) groups excluding carboxylic acids is 1. The maximum Gasteiger partial charge on any atom is 0.330 e. The number of aliphatic hydroxyl groups excluding tert-OH is 1. The third-order valence-electron chi connectivity index (χ3n) is 7.40. The van der Waals surface area contributed by atoms with Crippen LogP contribution < -0.4 is 20.7 Å². The Kier molecular flexibility index (Phi) is 8.76. The highest BCUT2D eigenvalue weighted by atomic mass is 16.6. The summed E-state index contributed by atoms with van der Waals surface area (Å²) in [6, 6.07) is 25.5. The van der Waals surface area contributed by atoms with Gasteiger partial charge < -0.3 is 33.8 Å². The molecule has 2 heterocycles. The van der Waals surface area contributed by atoms with Gasteiger partial charge >= 0.3 is 11.7 Å². The SMILES string of the molecule is COc1ccc(C(OC[C@H]2O[C@@H](n3c(=O)cc[nH]c3=O)[C@@H](OC(C)=O)[C@@H]2O)(c2ccccc2)c2ccc(OC)cc2)cc1. The minimum atomic E-state index is -1.43. The number of rotatable bonds is 10. The highest BCUT2D eigenvalue weighted by Crippen LogP contribution is 2.43. The van der Waals surface area contributed by atoms with Gasteiger partial charge in [-0.15, -0.1) is 0 Å². The van der Waals surface area contributed by atoms with E-state index < -0.39 is 47.4 Å². The van der Waals surface area contributed by atoms with E-state index in [9.17, 15) is 19.5 Å². The number of aliphatic hydroxyl groups is 1. The summed E-state index contributed by atoms with van der Waals surface area (Å²) < 4.78 is 29.8. The zero-order chi connectivity index (χ0) is 30.6. The third kappa shape index (κ3) is 5.82. The van der Waals surface area contributed by atoms with Crippen molar-refractivity contribution in [1.82, 2.24) is 9.55 Å². The van der Waals surface area contributed by atoms with Crippen LogP contribution in [0, 0.1) is 0 Å². The normalized spacial score (nSPS) is 20.0. The summed E-state index contributed by atoms with van der Waals surface area (Å²) in [6.45, 7) is 0.946. The maximum atomic E-state index is 12.6. The lowest BCUT2D eigenvalue weighted by atomic mass is 9.80. The van der Waals surface area contributed by atoms with E-state index in [1.54, 1.807) is 14.2 Å². The number of ether oxygens (including phenoxy) is 5. The molecule has 0 aliphatic carbocycles. The topological polar surface area (TPSA) is 138 Å². The number of aromatic amines is 1. The van der Waals surface area contributed by atoms with Crippen molar-refractivity contribution in [1.29, 1.82) is 0 Å². The van der Waals surface area contributed by atoms with Crippen LogP contribution in [0.2, 0.25) is 0 Å². The van der Waals surface area contributed by atoms with Gasteiger partial charge in [-0.05, 0) is 41.0 Å². The van der Waals surface area contributed by atoms with Crippen LogP contribution in [0.5, 0.6) is 11.5 Å². The Balaban J connectivity index is 1.59. The molecule has 5 rings (SSSR count). The second-order valence-electron chi connectivity index (χ2n) is 9.94. The molecule has 3 aromatic carbocycles. The molecule has 0 radical (unpaired) electrons. The Bertz CT molecular complexity index is 1570. The molecule has 0 amide bonds. The average Bonchev–Trinajstić information content (AvgIpc) is 3.32. The molecule has 43 heavy (non-hydrogen) atoms. The smallest absolute Gasteiger partial charge is 0.330 e. The fourth-order valence-corrected chi connectivity index (χ4v) is 5.34. The predicted molar refractivity (Wildman–Crippen MR) is 155 cm³/mol. The fraction of sp³-hybridized carbons (Fsp3) is 0.281. The van der Waals surface area contributed by atoms with Gasteiger partial charge in [0.2, 0.25) is 0 Å². The quantitative estimate of drug-likeness (QED) is 0.212. The molecule has 4 aromatic rings. The first-order valence-electron chi connectivity index (χ1n) is 13.6. The lowest BCUT2D eigenvalue weighted by Crippen LogP contribution is -2.44. The highest BCUT2D eigenvalue weighted by Gasteiger charge is 2.49. The number of H-pyrrole nitrogens is 1. The zero-order valence-electron chi connectivity index (χ0n) is 23.8. The van der Waals surface area contributed by atoms with E-state index in [1.807, 2.05) is 78.9 Å². The first-order valence-corrected chi connectivity index (χ1v) is 13.6. The van der Waals surface area contributed by atoms with Gasteiger partial charge in [0.25, 0.3) is 5.56 Å². The van der Waals surface area contributed by atoms with E-state index in [-0.39, 0.29) is 6.61 Å². The van der Waals surface area contributed by atoms with Gasteiger partial charge in [0.1, 0.15) is 29.3 Å². The van der Waals surface area contributed by atoms with Gasteiger partial charge in [0.05, 0.1) is 20.8 Å². The number of hydrogen-bond donors (Lipinski definition) is 2. The number of hydrogen-bond acceptors (Lipinski definition) is 9. The number of aromatic nitrogens is 2. The van der Waals surface area contributed by atoms with E-state index in [0.717, 1.165) is 27.3 Å². The zero-order valence-corrected chi connectivity index (χ0v) is 23.8. The second kappa shape index (κ2) is 12.7. The molecule has 1 saturated heterocycles. The number of nitrogens with zero attached hydrogens (tertiary/aromatic N) is 1. The van der Waals surface area contributed by atoms with Gasteiger partial charge in [-0.2, -0.15) is 0 Å². The Morgan fingerprint density at radius 3 is 1.95 bits per heavy atom. The van der Waals surface area contributed by atoms with Crippen LogP contribution in [0.25, 0.3) is 0 Å². The van der Waals surface area contributed by atoms with Crippen LogP contribution in [-0.4, -0.2) is 59.8 Å². The number of benzene rings is 3. The van der Waals surface area contributed by atoms with Crippen LogP contribution in [0.3, 0.4) is 0 Å². The largest absolute Gasteiger partial charge is 0.497 e. The van der Waals surface area contributed by atoms with Gasteiger partial charge in [-0.25, -0.2) is 9.36 Å². The Labute approximate surface area is 247 Å². The van der Waals surface area contributed by atoms with Gasteiger partial charge in [0, 0.05) is 19.2 Å². The molecule has 4 atom stereocenters. The van der Waals surface area contributed by atoms with E-state index in [2.05, 4.69) is 4.98 Å². The van der Waals surface area contributed by atoms with E-state index in [4.69, 9.17) is 23.7 Å². The van der Waals surface area contributed by atoms with E-state index in [1.165, 1.54) is 13.1 Å². The molecule has 224 valence electrons. The first kappa shape index (κ1) is 29.8. The van der Waals surface area contributed by atoms with Crippen LogP contribution in [0.4, 0.5) is 0 Å². The number of methoxy groups -OCH3 is 2. The van der Waals surface area contributed by atoms with Crippen molar-refractivity contribution in [2.75, 3.05) is 20.8 Å². The average molecular weight is 589 g/mol. The number of nitrogens with one attached hydrogen (secondary N) is 1. The molecule has 11 heteroatoms. The standard InChI is InChI=1S/C32H32N2O9/c1-20(35)42-29-28(37)26(43-30(29)34-27(36)17-18-33-31(34)38)19-41-32(21-7-5-4-6-8-21,22-9-13-24(39-2)14-10-22)23-11-15-25(40-3)16-12-23/h4-18,26,28-30,37H,19H2,1-3H3,(H,33,38)/t26-,28-,29+,30-/m1/s1. The van der Waals surface area contributed by atoms with Gasteiger partial charge in [-0.1, -0.05) is 54.6 Å². The monoisotopic (exact) mass is 588 g/mol. The van der Waals surface area contributed by atoms with Crippen molar-refractivity contribution in [2.24, 2.45) is 0 Å². The van der Waals surface area contributed by atoms with E-state index >= 15 is 0 Å². The summed E-state index contributed by atoms with van der Waals surface area (Å²) >= 11 is 0. The fourth-order valence-electron chi connectivity index (χ4n) is 5.34. The summed E-state index contributed by atoms with van der Waals surface area (Å²) in [5.41, 5.74) is -0.407. The Morgan fingerprint density at radius 2 is 1.44 bits per heavy atom. The molecule has 1 fully saturated rings. The summed E-state index contributed by atoms with van der Waals surface area (Å²) in [6.07, 6.45) is -4.06. The van der Waals surface area contributed by atoms with Gasteiger partial charge in [-0.3, -0.25) is 9.59 Å². The van der Waals surface area contributed by atoms with Crippen LogP contribution >= 0.6 is 0 Å². The predicted octanol–water partition coefficient (Wildman–Crippen LogP) is 2.75. The summed E-state index contributed by atoms with van der Waals surface area (Å²) in [7, 11) is 3.16. The third-order valence-corrected chi connectivity index (χ3v) is 7.40. The van der Waals surface area contributed by atoms with Crippen LogP contribution in [0.15, 0.2) is 101 Å². The highest BCUT2D eigenvalue weighted by molar-refractivity contribution is 5.66. The maximum absolute atomic E-state index is 12.6. The first-order chi connectivity index (χ1) is 20.8. The summed E-state index contributed by atoms with van der Waals surface area (Å²) in [4.78, 5) is 39.6. The molecular formula is C32H32N2O9. The van der Waals surface area contributed by atoms with Gasteiger partial charge in [0.15, 0.2) is 12.3 Å². The lowest BCUT2D eigenvalue weighted by molar-refractivity contribution is -0.156. The number of carbonyl (C=O) groups is 1. The van der Waals surface area contributed by atoms with Crippen molar-refractivity contribution < 1.29 is 33.6 Å². The minimum absolute atomic E-state index is 0.220. The van der Waals surface area contributed by atoms with Crippen molar-refractivity contribution >= 4 is 5.97 Å². The van der Waals surface area contributed by atoms with Crippen molar-refractivity contribution in [3.8, 4) is 11.5 Å². The molecule has 1 aliphatic rings. The Morgan fingerprint density at radius 1 is 0.884 bits per heavy atom. The summed E-state index contributed by atoms with van der Waals surface area (Å²) in [5.74, 6) is 0.593. The van der Waals surface area contributed by atoms with Crippen LogP contribution in [-0.2, 0) is 24.6 Å². The number of esters is 1. The van der Waals surface area contributed by atoms with Crippen molar-refractivity contribution in [3.05, 3.63) is 129 Å². The molecule has 0 unspecified atom stereocenters. The van der Waals surface area contributed by atoms with Crippen molar-refractivity contribution in [2.45, 2.75) is 37.1 Å². The second-order valence-corrected chi connectivity index (χ2v) is 9.94. The van der Waals surface area contributed by atoms with E-state index in [0.29, 0.717) is 11.5 Å². The molecule has 2 N–H and O–H groups in total. The minimum Gasteiger partial charge on any atom is -0.497 e.